The van der Waals surface area contributed by atoms with Gasteiger partial charge in [-0.3, -0.25) is 4.79 Å². The van der Waals surface area contributed by atoms with E-state index in [4.69, 9.17) is 21.6 Å². The zero-order valence-corrected chi connectivity index (χ0v) is 8.64. The number of carbonyl (C=O) groups is 1. The third-order valence-corrected chi connectivity index (χ3v) is 2.09. The Kier molecular flexibility index (Phi) is 3.64. The normalized spacial score (nSPS) is 9.47. The fourth-order valence-electron chi connectivity index (χ4n) is 1.17. The number of hydrogen-bond acceptors (Lipinski definition) is 3. The highest BCUT2D eigenvalue weighted by molar-refractivity contribution is 6.30. The number of rotatable bonds is 3. The topological polar surface area (TPSA) is 50.1 Å². The van der Waals surface area contributed by atoms with E-state index in [1.807, 2.05) is 0 Å². The van der Waals surface area contributed by atoms with Gasteiger partial charge in [0.2, 0.25) is 0 Å². The standard InChI is InChI=1S/C10H7ClFNO2/c1-15-10-7(5-13)6(9(14)4-11)2-3-8(10)12/h2-3H,4H2,1H3. The number of nitrogens with zero attached hydrogens (tertiary/aromatic N) is 1. The lowest BCUT2D eigenvalue weighted by molar-refractivity contribution is 0.102. The van der Waals surface area contributed by atoms with Crippen molar-refractivity contribution in [3.05, 3.63) is 29.1 Å². The van der Waals surface area contributed by atoms with Crippen LogP contribution in [0.25, 0.3) is 0 Å². The highest BCUT2D eigenvalue weighted by Gasteiger charge is 2.18. The molecule has 0 aromatic heterocycles. The lowest BCUT2D eigenvalue weighted by atomic mass is 10.0. The van der Waals surface area contributed by atoms with Crippen molar-refractivity contribution in [3.8, 4) is 11.8 Å². The first kappa shape index (κ1) is 11.5. The van der Waals surface area contributed by atoms with Crippen LogP contribution >= 0.6 is 11.6 Å². The highest BCUT2D eigenvalue weighted by atomic mass is 35.5. The van der Waals surface area contributed by atoms with Crippen LogP contribution in [0.5, 0.6) is 5.75 Å². The first-order valence-electron chi connectivity index (χ1n) is 4.01. The van der Waals surface area contributed by atoms with Gasteiger partial charge in [-0.25, -0.2) is 4.39 Å². The molecule has 0 radical (unpaired) electrons. The minimum absolute atomic E-state index is 0.0748. The highest BCUT2D eigenvalue weighted by Crippen LogP contribution is 2.25. The third kappa shape index (κ3) is 2.08. The van der Waals surface area contributed by atoms with Crippen LogP contribution in [0.1, 0.15) is 15.9 Å². The fraction of sp³-hybridized carbons (Fsp3) is 0.200. The average Bonchev–Trinajstić information content (AvgIpc) is 2.27. The zero-order chi connectivity index (χ0) is 11.4. The summed E-state index contributed by atoms with van der Waals surface area (Å²) < 4.78 is 17.9. The molecule has 0 saturated heterocycles. The van der Waals surface area contributed by atoms with Gasteiger partial charge in [-0.05, 0) is 12.1 Å². The molecular weight excluding hydrogens is 221 g/mol. The molecule has 0 heterocycles. The predicted octanol–water partition coefficient (Wildman–Crippen LogP) is 2.13. The molecule has 0 aliphatic heterocycles. The number of carbonyl (C=O) groups excluding carboxylic acids is 1. The molecule has 1 aromatic carbocycles. The van der Waals surface area contributed by atoms with Crippen LogP contribution < -0.4 is 4.74 Å². The summed E-state index contributed by atoms with van der Waals surface area (Å²) in [4.78, 5) is 11.3. The molecule has 0 bridgehead atoms. The Balaban J connectivity index is 3.43. The van der Waals surface area contributed by atoms with Crippen LogP contribution in [0.2, 0.25) is 0 Å². The molecule has 0 amide bonds. The van der Waals surface area contributed by atoms with Crippen LogP contribution in [0, 0.1) is 17.1 Å². The summed E-state index contributed by atoms with van der Waals surface area (Å²) in [5.74, 6) is -1.61. The Hall–Kier alpha value is -1.60. The SMILES string of the molecule is COc1c(F)ccc(C(=O)CCl)c1C#N. The first-order valence-corrected chi connectivity index (χ1v) is 4.55. The summed E-state index contributed by atoms with van der Waals surface area (Å²) in [6.07, 6.45) is 0. The van der Waals surface area contributed by atoms with Gasteiger partial charge < -0.3 is 4.74 Å². The molecule has 0 saturated carbocycles. The minimum atomic E-state index is -0.680. The Morgan fingerprint density at radius 1 is 1.67 bits per heavy atom. The van der Waals surface area contributed by atoms with Gasteiger partial charge >= 0.3 is 0 Å². The number of halogens is 2. The molecule has 0 atom stereocenters. The van der Waals surface area contributed by atoms with E-state index in [0.717, 1.165) is 6.07 Å². The van der Waals surface area contributed by atoms with Gasteiger partial charge in [-0.2, -0.15) is 5.26 Å². The average molecular weight is 228 g/mol. The van der Waals surface area contributed by atoms with Crippen molar-refractivity contribution in [3.63, 3.8) is 0 Å². The van der Waals surface area contributed by atoms with Crippen LogP contribution in [0.15, 0.2) is 12.1 Å². The van der Waals surface area contributed by atoms with Crippen LogP contribution in [0.3, 0.4) is 0 Å². The van der Waals surface area contributed by atoms with Gasteiger partial charge in [0.05, 0.1) is 13.0 Å². The van der Waals surface area contributed by atoms with E-state index in [1.165, 1.54) is 13.2 Å². The predicted molar refractivity (Wildman–Crippen MR) is 52.7 cm³/mol. The number of alkyl halides is 1. The van der Waals surface area contributed by atoms with Crippen LogP contribution in [0.4, 0.5) is 4.39 Å². The summed E-state index contributed by atoms with van der Waals surface area (Å²) in [6, 6.07) is 4.02. The summed E-state index contributed by atoms with van der Waals surface area (Å²) in [5, 5.41) is 8.81. The van der Waals surface area contributed by atoms with Crippen molar-refractivity contribution >= 4 is 17.4 Å². The number of hydrogen-bond donors (Lipinski definition) is 0. The van der Waals surface area contributed by atoms with Crippen molar-refractivity contribution in [1.29, 1.82) is 5.26 Å². The van der Waals surface area contributed by atoms with Crippen molar-refractivity contribution in [2.45, 2.75) is 0 Å². The molecule has 0 aliphatic carbocycles. The molecule has 3 nitrogen and oxygen atoms in total. The Bertz CT molecular complexity index is 440. The molecule has 15 heavy (non-hydrogen) atoms. The van der Waals surface area contributed by atoms with E-state index < -0.39 is 11.6 Å². The van der Waals surface area contributed by atoms with Gasteiger partial charge in [0.1, 0.15) is 11.6 Å². The Morgan fingerprint density at radius 2 is 2.33 bits per heavy atom. The van der Waals surface area contributed by atoms with Crippen LogP contribution in [-0.4, -0.2) is 18.8 Å². The van der Waals surface area contributed by atoms with E-state index in [-0.39, 0.29) is 22.8 Å². The molecular formula is C10H7ClFNO2. The van der Waals surface area contributed by atoms with Crippen molar-refractivity contribution in [1.82, 2.24) is 0 Å². The molecule has 0 aliphatic rings. The number of ketones is 1. The lowest BCUT2D eigenvalue weighted by Gasteiger charge is -2.07. The third-order valence-electron chi connectivity index (χ3n) is 1.85. The number of ether oxygens (including phenoxy) is 1. The number of methoxy groups -OCH3 is 1. The maximum Gasteiger partial charge on any atom is 0.179 e. The summed E-state index contributed by atoms with van der Waals surface area (Å²) >= 11 is 5.36. The van der Waals surface area contributed by atoms with Crippen molar-refractivity contribution < 1.29 is 13.9 Å². The summed E-state index contributed by atoms with van der Waals surface area (Å²) in [6.45, 7) is 0. The molecule has 1 aromatic rings. The summed E-state index contributed by atoms with van der Waals surface area (Å²) in [5.41, 5.74) is -0.0473. The molecule has 0 fully saturated rings. The van der Waals surface area contributed by atoms with Crippen molar-refractivity contribution in [2.24, 2.45) is 0 Å². The molecule has 0 N–H and O–H groups in total. The lowest BCUT2D eigenvalue weighted by Crippen LogP contribution is -2.06. The monoisotopic (exact) mass is 227 g/mol. The Morgan fingerprint density at radius 3 is 2.80 bits per heavy atom. The number of nitriles is 1. The van der Waals surface area contributed by atoms with Gasteiger partial charge in [0.25, 0.3) is 0 Å². The maximum absolute atomic E-state index is 13.2. The van der Waals surface area contributed by atoms with Crippen LogP contribution in [-0.2, 0) is 0 Å². The molecule has 78 valence electrons. The van der Waals surface area contributed by atoms with Gasteiger partial charge in [0.15, 0.2) is 17.3 Å². The molecule has 0 unspecified atom stereocenters. The second-order valence-corrected chi connectivity index (χ2v) is 2.94. The first-order chi connectivity index (χ1) is 7.15. The molecule has 0 spiro atoms. The van der Waals surface area contributed by atoms with Gasteiger partial charge in [0, 0.05) is 5.56 Å². The fourth-order valence-corrected chi connectivity index (χ4v) is 1.32. The van der Waals surface area contributed by atoms with E-state index >= 15 is 0 Å². The second-order valence-electron chi connectivity index (χ2n) is 2.67. The Labute approximate surface area is 91.0 Å². The van der Waals surface area contributed by atoms with E-state index in [2.05, 4.69) is 0 Å². The second kappa shape index (κ2) is 4.76. The largest absolute Gasteiger partial charge is 0.492 e. The molecule has 1 rings (SSSR count). The number of benzene rings is 1. The maximum atomic E-state index is 13.2. The zero-order valence-electron chi connectivity index (χ0n) is 7.88. The molecule has 5 heteroatoms. The van der Waals surface area contributed by atoms with E-state index in [9.17, 15) is 9.18 Å². The quantitative estimate of drug-likeness (QED) is 0.587. The van der Waals surface area contributed by atoms with E-state index in [1.54, 1.807) is 6.07 Å². The van der Waals surface area contributed by atoms with Gasteiger partial charge in [-0.1, -0.05) is 0 Å². The smallest absolute Gasteiger partial charge is 0.179 e. The van der Waals surface area contributed by atoms with E-state index in [0.29, 0.717) is 0 Å². The number of Topliss-reactive ketones (excluding diaryl/α,β-unsaturated/α-hetero) is 1. The summed E-state index contributed by atoms with van der Waals surface area (Å²) in [7, 11) is 1.23. The van der Waals surface area contributed by atoms with Crippen molar-refractivity contribution in [2.75, 3.05) is 13.0 Å². The van der Waals surface area contributed by atoms with Gasteiger partial charge in [-0.15, -0.1) is 11.6 Å². The minimum Gasteiger partial charge on any atom is -0.492 e.